The molecule has 4 atom stereocenters. The second kappa shape index (κ2) is 19.3. The molecule has 0 radical (unpaired) electrons. The third kappa shape index (κ3) is 10.6. The molecule has 302 valence electrons. The van der Waals surface area contributed by atoms with Gasteiger partial charge < -0.3 is 30.0 Å². The number of nitrogens with one attached hydrogen (secondary N) is 2. The molecule has 2 fully saturated rings. The van der Waals surface area contributed by atoms with Gasteiger partial charge >= 0.3 is 6.03 Å². The molecule has 2 aliphatic rings. The number of rotatable bonds is 13. The van der Waals surface area contributed by atoms with Crippen LogP contribution < -0.4 is 15.4 Å². The number of carbonyl (C=O) groups excluding carboxylic acids is 1. The SMILES string of the molecule is C[C@@H]1[C@H](CN2CCN(Cc3ccccc3)CC2)O[C@H](c2cccc(-c3cccc(CNC(=O)Nc4ccc(Oc5ccccc5)cc4)c3)c2)O[C@@H]1c1ccc(CO)cc1. The summed E-state index contributed by atoms with van der Waals surface area (Å²) in [6, 6.07) is 51.9. The fourth-order valence-electron chi connectivity index (χ4n) is 7.87. The van der Waals surface area contributed by atoms with Gasteiger partial charge in [-0.15, -0.1) is 0 Å². The Bertz CT molecular complexity index is 2250. The highest BCUT2D eigenvalue weighted by Gasteiger charge is 2.39. The predicted octanol–water partition coefficient (Wildman–Crippen LogP) is 9.57. The summed E-state index contributed by atoms with van der Waals surface area (Å²) in [6.07, 6.45) is -0.803. The van der Waals surface area contributed by atoms with Crippen LogP contribution in [0.5, 0.6) is 11.5 Å². The summed E-state index contributed by atoms with van der Waals surface area (Å²) >= 11 is 0. The fourth-order valence-corrected chi connectivity index (χ4v) is 7.87. The zero-order chi connectivity index (χ0) is 40.4. The first-order chi connectivity index (χ1) is 29.0. The van der Waals surface area contributed by atoms with Crippen molar-refractivity contribution in [3.8, 4) is 22.6 Å². The van der Waals surface area contributed by atoms with Crippen LogP contribution in [-0.4, -0.2) is 59.8 Å². The van der Waals surface area contributed by atoms with Gasteiger partial charge in [-0.25, -0.2) is 4.79 Å². The lowest BCUT2D eigenvalue weighted by Gasteiger charge is -2.44. The van der Waals surface area contributed by atoms with E-state index in [0.29, 0.717) is 18.0 Å². The van der Waals surface area contributed by atoms with Gasteiger partial charge in [0.05, 0.1) is 18.8 Å². The van der Waals surface area contributed by atoms with Crippen LogP contribution in [0.2, 0.25) is 0 Å². The highest BCUT2D eigenvalue weighted by Crippen LogP contribution is 2.42. The maximum absolute atomic E-state index is 12.9. The number of benzene rings is 6. The Morgan fingerprint density at radius 2 is 1.31 bits per heavy atom. The largest absolute Gasteiger partial charge is 0.457 e. The highest BCUT2D eigenvalue weighted by molar-refractivity contribution is 5.89. The van der Waals surface area contributed by atoms with E-state index < -0.39 is 6.29 Å². The lowest BCUT2D eigenvalue weighted by molar-refractivity contribution is -0.276. The van der Waals surface area contributed by atoms with E-state index in [2.05, 4.69) is 106 Å². The van der Waals surface area contributed by atoms with E-state index in [1.54, 1.807) is 0 Å². The lowest BCUT2D eigenvalue weighted by Crippen LogP contribution is -2.51. The van der Waals surface area contributed by atoms with Gasteiger partial charge in [0.25, 0.3) is 0 Å². The Morgan fingerprint density at radius 3 is 2.03 bits per heavy atom. The zero-order valence-electron chi connectivity index (χ0n) is 33.5. The fraction of sp³-hybridized carbons (Fsp3) is 0.260. The normalized spacial score (nSPS) is 19.8. The van der Waals surface area contributed by atoms with Crippen molar-refractivity contribution in [3.63, 3.8) is 0 Å². The third-order valence-corrected chi connectivity index (χ3v) is 11.2. The monoisotopic (exact) mass is 788 g/mol. The maximum Gasteiger partial charge on any atom is 0.319 e. The summed E-state index contributed by atoms with van der Waals surface area (Å²) in [7, 11) is 0. The summed E-state index contributed by atoms with van der Waals surface area (Å²) in [5.74, 6) is 1.55. The minimum Gasteiger partial charge on any atom is -0.457 e. The third-order valence-electron chi connectivity index (χ3n) is 11.2. The molecule has 59 heavy (non-hydrogen) atoms. The Balaban J connectivity index is 0.917. The van der Waals surface area contributed by atoms with Crippen LogP contribution in [0, 0.1) is 5.92 Å². The van der Waals surface area contributed by atoms with E-state index in [9.17, 15) is 9.90 Å². The number of anilines is 1. The summed E-state index contributed by atoms with van der Waals surface area (Å²) in [5.41, 5.74) is 7.97. The Hall–Kier alpha value is -5.81. The van der Waals surface area contributed by atoms with E-state index in [1.165, 1.54) is 5.56 Å². The molecule has 0 aliphatic carbocycles. The average molecular weight is 789 g/mol. The first-order valence-electron chi connectivity index (χ1n) is 20.5. The van der Waals surface area contributed by atoms with Crippen molar-refractivity contribution in [2.45, 2.75) is 45.1 Å². The predicted molar refractivity (Wildman–Crippen MR) is 232 cm³/mol. The van der Waals surface area contributed by atoms with E-state index >= 15 is 0 Å². The highest BCUT2D eigenvalue weighted by atomic mass is 16.7. The molecule has 2 aliphatic heterocycles. The number of aliphatic hydroxyl groups is 1. The summed E-state index contributed by atoms with van der Waals surface area (Å²) in [6.45, 7) is 8.39. The first-order valence-corrected chi connectivity index (χ1v) is 20.5. The van der Waals surface area contributed by atoms with Crippen LogP contribution in [0.1, 0.15) is 47.1 Å². The van der Waals surface area contributed by atoms with E-state index in [4.69, 9.17) is 14.2 Å². The maximum atomic E-state index is 12.9. The Labute approximate surface area is 347 Å². The van der Waals surface area contributed by atoms with Crippen molar-refractivity contribution in [3.05, 3.63) is 186 Å². The number of para-hydroxylation sites is 1. The van der Waals surface area contributed by atoms with Gasteiger partial charge in [-0.05, 0) is 81.9 Å². The molecule has 2 saturated heterocycles. The number of nitrogens with zero attached hydrogens (tertiary/aromatic N) is 2. The van der Waals surface area contributed by atoms with Crippen molar-refractivity contribution in [1.82, 2.24) is 15.1 Å². The number of piperazine rings is 1. The van der Waals surface area contributed by atoms with E-state index in [-0.39, 0.29) is 30.8 Å². The molecular weight excluding hydrogens is 737 g/mol. The molecule has 0 bridgehead atoms. The first kappa shape index (κ1) is 40.0. The topological polar surface area (TPSA) is 95.5 Å². The number of ether oxygens (including phenoxy) is 3. The van der Waals surface area contributed by atoms with Gasteiger partial charge in [0.15, 0.2) is 6.29 Å². The second-order valence-corrected chi connectivity index (χ2v) is 15.5. The molecule has 0 saturated carbocycles. The van der Waals surface area contributed by atoms with Crippen molar-refractivity contribution < 1.29 is 24.1 Å². The molecule has 0 unspecified atom stereocenters. The van der Waals surface area contributed by atoms with Crippen molar-refractivity contribution in [2.75, 3.05) is 38.0 Å². The number of hydrogen-bond acceptors (Lipinski definition) is 7. The number of hydrogen-bond donors (Lipinski definition) is 3. The molecule has 6 aromatic carbocycles. The van der Waals surface area contributed by atoms with Crippen molar-refractivity contribution in [2.24, 2.45) is 5.92 Å². The minimum atomic E-state index is -0.564. The van der Waals surface area contributed by atoms with Crippen LogP contribution in [0.15, 0.2) is 158 Å². The second-order valence-electron chi connectivity index (χ2n) is 15.5. The molecule has 2 heterocycles. The quantitative estimate of drug-likeness (QED) is 0.107. The van der Waals surface area contributed by atoms with Crippen LogP contribution in [0.3, 0.4) is 0 Å². The molecular formula is C50H52N4O5. The van der Waals surface area contributed by atoms with Crippen LogP contribution in [0.4, 0.5) is 10.5 Å². The van der Waals surface area contributed by atoms with Gasteiger partial charge in [-0.3, -0.25) is 9.80 Å². The Kier molecular flexibility index (Phi) is 13.1. The molecule has 0 spiro atoms. The molecule has 9 nitrogen and oxygen atoms in total. The van der Waals surface area contributed by atoms with Gasteiger partial charge in [-0.1, -0.05) is 116 Å². The lowest BCUT2D eigenvalue weighted by atomic mass is 9.89. The summed E-state index contributed by atoms with van der Waals surface area (Å²) < 4.78 is 19.6. The standard InChI is InChI=1S/C50H52N4O5/c1-36-47(34-54-28-26-53(27-29-54)33-37-10-4-2-5-11-37)58-49(59-48(36)40-20-18-38(35-55)19-21-40)43-15-9-14-42(31-43)41-13-8-12-39(30-41)32-51-50(56)52-44-22-24-46(25-23-44)57-45-16-6-3-7-17-45/h2-25,30-31,36,47-49,55H,26-29,32-35H2,1H3,(H2,51,52,56)/t36-,47+,48+,49+/m1/s1. The number of urea groups is 1. The summed E-state index contributed by atoms with van der Waals surface area (Å²) in [5, 5.41) is 15.6. The van der Waals surface area contributed by atoms with Gasteiger partial charge in [0, 0.05) is 63.0 Å². The zero-order valence-corrected chi connectivity index (χ0v) is 33.5. The van der Waals surface area contributed by atoms with Gasteiger partial charge in [-0.2, -0.15) is 0 Å². The number of amides is 2. The average Bonchev–Trinajstić information content (AvgIpc) is 3.28. The number of aliphatic hydroxyl groups excluding tert-OH is 1. The molecule has 6 aromatic rings. The van der Waals surface area contributed by atoms with Crippen LogP contribution in [-0.2, 0) is 29.2 Å². The molecule has 9 heteroatoms. The van der Waals surface area contributed by atoms with Crippen molar-refractivity contribution in [1.29, 1.82) is 0 Å². The molecule has 2 amide bonds. The Morgan fingerprint density at radius 1 is 0.661 bits per heavy atom. The van der Waals surface area contributed by atoms with Crippen molar-refractivity contribution >= 4 is 11.7 Å². The number of carbonyl (C=O) groups is 1. The van der Waals surface area contributed by atoms with E-state index in [1.807, 2.05) is 78.9 Å². The summed E-state index contributed by atoms with van der Waals surface area (Å²) in [4.78, 5) is 17.9. The smallest absolute Gasteiger partial charge is 0.319 e. The molecule has 3 N–H and O–H groups in total. The van der Waals surface area contributed by atoms with Gasteiger partial charge in [0.1, 0.15) is 11.5 Å². The minimum absolute atomic E-state index is 0.00367. The van der Waals surface area contributed by atoms with Gasteiger partial charge in [0.2, 0.25) is 0 Å². The van der Waals surface area contributed by atoms with Crippen LogP contribution in [0.25, 0.3) is 11.1 Å². The van der Waals surface area contributed by atoms with E-state index in [0.717, 1.165) is 78.4 Å². The molecule has 0 aromatic heterocycles. The molecule has 8 rings (SSSR count). The van der Waals surface area contributed by atoms with Crippen LogP contribution >= 0.6 is 0 Å².